The van der Waals surface area contributed by atoms with Gasteiger partial charge in [0.25, 0.3) is 0 Å². The van der Waals surface area contributed by atoms with Crippen LogP contribution in [0.15, 0.2) is 12.2 Å². The molecule has 0 amide bonds. The van der Waals surface area contributed by atoms with Gasteiger partial charge in [-0.15, -0.1) is 0 Å². The fraction of sp³-hybridized carbons (Fsp3) is 0.833. The molecule has 0 aromatic rings. The number of hydrogen-bond donors (Lipinski definition) is 0. The minimum absolute atomic E-state index is 0. The van der Waals surface area contributed by atoms with Crippen molar-refractivity contribution in [3.63, 3.8) is 0 Å². The van der Waals surface area contributed by atoms with E-state index < -0.39 is 5.97 Å². The van der Waals surface area contributed by atoms with E-state index in [1.54, 1.807) is 0 Å². The Balaban J connectivity index is 0. The van der Waals surface area contributed by atoms with Gasteiger partial charge >= 0.3 is 51.4 Å². The zero-order valence-corrected chi connectivity index (χ0v) is 17.5. The Morgan fingerprint density at radius 2 is 1.19 bits per heavy atom. The summed E-state index contributed by atoms with van der Waals surface area (Å²) in [5.74, 6) is -0.914. The molecule has 2 nitrogen and oxygen atoms in total. The van der Waals surface area contributed by atoms with Crippen molar-refractivity contribution in [3.05, 3.63) is 12.2 Å². The smallest absolute Gasteiger partial charge is 0.550 e. The van der Waals surface area contributed by atoms with Crippen LogP contribution in [0.25, 0.3) is 0 Å². The summed E-state index contributed by atoms with van der Waals surface area (Å²) >= 11 is 0. The van der Waals surface area contributed by atoms with E-state index in [0.29, 0.717) is 0 Å². The van der Waals surface area contributed by atoms with E-state index in [1.807, 2.05) is 0 Å². The predicted octanol–water partition coefficient (Wildman–Crippen LogP) is 1.78. The fourth-order valence-electron chi connectivity index (χ4n) is 2.34. The molecule has 3 heteroatoms. The van der Waals surface area contributed by atoms with Gasteiger partial charge in [0, 0.05) is 5.97 Å². The molecule has 0 bridgehead atoms. The first-order chi connectivity index (χ1) is 9.77. The molecule has 0 saturated heterocycles. The molecule has 0 heterocycles. The van der Waals surface area contributed by atoms with Crippen LogP contribution < -0.4 is 56.5 Å². The minimum atomic E-state index is -0.914. The minimum Gasteiger partial charge on any atom is -0.550 e. The number of hydrogen-bond acceptors (Lipinski definition) is 2. The zero-order valence-electron chi connectivity index (χ0n) is 14.4. The van der Waals surface area contributed by atoms with Crippen molar-refractivity contribution in [1.82, 2.24) is 0 Å². The van der Waals surface area contributed by atoms with Crippen molar-refractivity contribution >= 4 is 5.97 Å². The Morgan fingerprint density at radius 3 is 1.67 bits per heavy atom. The molecular formula is C18H33KO2. The number of rotatable bonds is 15. The first-order valence-electron chi connectivity index (χ1n) is 8.62. The molecule has 0 aromatic carbocycles. The van der Waals surface area contributed by atoms with Crippen LogP contribution in [0, 0.1) is 0 Å². The van der Waals surface area contributed by atoms with Crippen LogP contribution in [-0.4, -0.2) is 5.97 Å². The average Bonchev–Trinajstić information content (AvgIpc) is 2.43. The first-order valence-corrected chi connectivity index (χ1v) is 8.62. The Bertz CT molecular complexity index is 239. The Kier molecular flexibility index (Phi) is 23.9. The SMILES string of the molecule is [13CH3][13CH2][13CH2][13CH2][13CH2][13CH2][13CH2][13CH2]/[13CH]=[13CH]\[13CH2][13CH2][13CH2][13CH2][13CH2][13CH2][13CH2][13C](=O)[O-].[K+]. The number of carboxylic acid groups (broad SMARTS) is 1. The molecule has 0 saturated carbocycles. The summed E-state index contributed by atoms with van der Waals surface area (Å²) in [5, 5.41) is 10.2. The normalized spacial score (nSPS) is 10.7. The maximum absolute atomic E-state index is 10.2. The van der Waals surface area contributed by atoms with Gasteiger partial charge in [0.1, 0.15) is 0 Å². The van der Waals surface area contributed by atoms with Crippen molar-refractivity contribution < 1.29 is 61.3 Å². The summed E-state index contributed by atoms with van der Waals surface area (Å²) in [7, 11) is 0. The molecule has 0 fully saturated rings. The van der Waals surface area contributed by atoms with E-state index in [-0.39, 0.29) is 57.8 Å². The zero-order chi connectivity index (χ0) is 14.9. The van der Waals surface area contributed by atoms with E-state index in [1.165, 1.54) is 64.2 Å². The largest absolute Gasteiger partial charge is 1.00 e. The van der Waals surface area contributed by atoms with Crippen LogP contribution in [0.5, 0.6) is 0 Å². The second-order valence-corrected chi connectivity index (χ2v) is 5.71. The molecule has 0 spiro atoms. The van der Waals surface area contributed by atoms with Crippen LogP contribution in [0.1, 0.15) is 96.8 Å². The van der Waals surface area contributed by atoms with Crippen LogP contribution >= 0.6 is 0 Å². The number of carbonyl (C=O) groups excluding carboxylic acids is 1. The maximum atomic E-state index is 10.2. The summed E-state index contributed by atoms with van der Waals surface area (Å²) in [5.41, 5.74) is 0. The van der Waals surface area contributed by atoms with E-state index in [0.717, 1.165) is 19.3 Å². The Hall–Kier alpha value is 0.846. The van der Waals surface area contributed by atoms with E-state index in [4.69, 9.17) is 0 Å². The third kappa shape index (κ3) is 23.2. The molecule has 0 aliphatic heterocycles. The van der Waals surface area contributed by atoms with Gasteiger partial charge in [-0.05, 0) is 38.5 Å². The third-order valence-electron chi connectivity index (χ3n) is 3.64. The fourth-order valence-corrected chi connectivity index (χ4v) is 2.34. The molecule has 0 aliphatic carbocycles. The van der Waals surface area contributed by atoms with Gasteiger partial charge in [-0.25, -0.2) is 0 Å². The molecule has 118 valence electrons. The van der Waals surface area contributed by atoms with Crippen LogP contribution in [0.2, 0.25) is 0 Å². The summed E-state index contributed by atoms with van der Waals surface area (Å²) in [6.07, 6.45) is 20.9. The summed E-state index contributed by atoms with van der Waals surface area (Å²) in [6.45, 7) is 2.26. The van der Waals surface area contributed by atoms with Crippen molar-refractivity contribution in [2.45, 2.75) is 96.8 Å². The van der Waals surface area contributed by atoms with Gasteiger partial charge in [0.05, 0.1) is 0 Å². The van der Waals surface area contributed by atoms with Gasteiger partial charge in [-0.3, -0.25) is 0 Å². The molecule has 0 N–H and O–H groups in total. The molecular weight excluding hydrogens is 305 g/mol. The quantitative estimate of drug-likeness (QED) is 0.198. The average molecular weight is 338 g/mol. The van der Waals surface area contributed by atoms with Gasteiger partial charge < -0.3 is 9.90 Å². The number of carbonyl (C=O) groups is 1. The van der Waals surface area contributed by atoms with E-state index >= 15 is 0 Å². The van der Waals surface area contributed by atoms with Gasteiger partial charge in [0.2, 0.25) is 0 Å². The molecule has 0 aromatic heterocycles. The maximum Gasteiger partial charge on any atom is 1.00 e. The number of carboxylic acids is 1. The number of unbranched alkanes of at least 4 members (excludes halogenated alkanes) is 11. The van der Waals surface area contributed by atoms with Gasteiger partial charge in [0.15, 0.2) is 0 Å². The first kappa shape index (κ1) is 24.1. The van der Waals surface area contributed by atoms with Crippen LogP contribution in [0.4, 0.5) is 0 Å². The molecule has 0 aliphatic rings. The monoisotopic (exact) mass is 338 g/mol. The molecule has 0 unspecified atom stereocenters. The topological polar surface area (TPSA) is 40.1 Å². The van der Waals surface area contributed by atoms with Crippen molar-refractivity contribution in [1.29, 1.82) is 0 Å². The van der Waals surface area contributed by atoms with Crippen molar-refractivity contribution in [2.24, 2.45) is 0 Å². The molecule has 21 heavy (non-hydrogen) atoms. The van der Waals surface area contributed by atoms with Gasteiger partial charge in [-0.2, -0.15) is 0 Å². The third-order valence-corrected chi connectivity index (χ3v) is 3.64. The molecule has 0 rings (SSSR count). The summed E-state index contributed by atoms with van der Waals surface area (Å²) in [6, 6.07) is 0. The number of allylic oxidation sites excluding steroid dienone is 2. The second kappa shape index (κ2) is 20.8. The Morgan fingerprint density at radius 1 is 0.762 bits per heavy atom. The van der Waals surface area contributed by atoms with Crippen molar-refractivity contribution in [3.8, 4) is 0 Å². The second-order valence-electron chi connectivity index (χ2n) is 5.71. The van der Waals surface area contributed by atoms with E-state index in [2.05, 4.69) is 19.1 Å². The molecule has 0 radical (unpaired) electrons. The van der Waals surface area contributed by atoms with E-state index in [9.17, 15) is 9.90 Å². The molecule has 0 atom stereocenters. The van der Waals surface area contributed by atoms with Crippen LogP contribution in [0.3, 0.4) is 0 Å². The van der Waals surface area contributed by atoms with Crippen molar-refractivity contribution in [2.75, 3.05) is 0 Å². The number of aliphatic carboxylic acids is 1. The summed E-state index contributed by atoms with van der Waals surface area (Å²) in [4.78, 5) is 10.2. The van der Waals surface area contributed by atoms with Gasteiger partial charge in [-0.1, -0.05) is 70.4 Å². The summed E-state index contributed by atoms with van der Waals surface area (Å²) < 4.78 is 0. The van der Waals surface area contributed by atoms with Crippen LogP contribution in [-0.2, 0) is 4.79 Å². The predicted molar refractivity (Wildman–Crippen MR) is 84.5 cm³/mol. The standard InChI is InChI=1S/C18H34O2.K/c1-2-3-4-5-6-7-8-9-10-11-12-13-14-15-16-17-18(19)20;/h9-10H,2-8,11-17H2,1H3,(H,19,20);/q;+1/p-1/b10-9-;/i1+1,2+1,3+1,4+1,5+1,6+1,7+1,8+1,9+1,10+1,11+1,12+1,13+1,14+1,15+1,16+1,17+1,18+1;. The Labute approximate surface area is 174 Å².